The van der Waals surface area contributed by atoms with Crippen molar-refractivity contribution < 1.29 is 23.9 Å². The average Bonchev–Trinajstić information content (AvgIpc) is 2.63. The fraction of sp³-hybridized carbons (Fsp3) is 0.500. The Balaban J connectivity index is 2.34. The summed E-state index contributed by atoms with van der Waals surface area (Å²) in [7, 11) is 0. The van der Waals surface area contributed by atoms with Gasteiger partial charge in [0.2, 0.25) is 0 Å². The molecule has 0 bridgehead atoms. The summed E-state index contributed by atoms with van der Waals surface area (Å²) < 4.78 is 9.96. The molecule has 0 saturated carbocycles. The van der Waals surface area contributed by atoms with Crippen LogP contribution in [0.1, 0.15) is 20.3 Å². The lowest BCUT2D eigenvalue weighted by Crippen LogP contribution is -2.35. The largest absolute Gasteiger partial charge is 0.465 e. The van der Waals surface area contributed by atoms with Crippen molar-refractivity contribution in [2.75, 3.05) is 13.2 Å². The van der Waals surface area contributed by atoms with Gasteiger partial charge in [-0.2, -0.15) is 0 Å². The zero-order valence-electron chi connectivity index (χ0n) is 12.7. The number of esters is 2. The molecule has 6 heteroatoms. The summed E-state index contributed by atoms with van der Waals surface area (Å²) in [6.07, 6.45) is 6.82. The lowest BCUT2D eigenvalue weighted by molar-refractivity contribution is -0.153. The molecule has 22 heavy (non-hydrogen) atoms. The van der Waals surface area contributed by atoms with Gasteiger partial charge >= 0.3 is 11.9 Å². The Hall–Kier alpha value is -2.24. The quantitative estimate of drug-likeness (QED) is 0.577. The van der Waals surface area contributed by atoms with Gasteiger partial charge in [0.1, 0.15) is 5.92 Å². The fourth-order valence-corrected chi connectivity index (χ4v) is 2.59. The minimum atomic E-state index is -0.959. The fourth-order valence-electron chi connectivity index (χ4n) is 2.59. The van der Waals surface area contributed by atoms with Crippen LogP contribution in [0.25, 0.3) is 0 Å². The summed E-state index contributed by atoms with van der Waals surface area (Å²) in [5, 5.41) is 0. The molecule has 0 aromatic heterocycles. The number of ether oxygens (including phenoxy) is 2. The van der Waals surface area contributed by atoms with E-state index in [2.05, 4.69) is 4.99 Å². The van der Waals surface area contributed by atoms with Gasteiger partial charge in [0.05, 0.1) is 13.2 Å². The summed E-state index contributed by atoms with van der Waals surface area (Å²) in [4.78, 5) is 40.9. The second kappa shape index (κ2) is 7.15. The monoisotopic (exact) mass is 305 g/mol. The first kappa shape index (κ1) is 16.1. The Bertz CT molecular complexity index is 561. The Morgan fingerprint density at radius 1 is 1.18 bits per heavy atom. The highest BCUT2D eigenvalue weighted by atomic mass is 16.5. The lowest BCUT2D eigenvalue weighted by atomic mass is 9.82. The van der Waals surface area contributed by atoms with Gasteiger partial charge in [0.15, 0.2) is 11.8 Å². The van der Waals surface area contributed by atoms with E-state index in [1.807, 2.05) is 0 Å². The predicted octanol–water partition coefficient (Wildman–Crippen LogP) is 1.25. The van der Waals surface area contributed by atoms with Crippen molar-refractivity contribution in [1.29, 1.82) is 0 Å². The molecule has 6 nitrogen and oxygen atoms in total. The van der Waals surface area contributed by atoms with Crippen LogP contribution in [0.2, 0.25) is 0 Å². The van der Waals surface area contributed by atoms with Crippen molar-refractivity contribution in [1.82, 2.24) is 0 Å². The summed E-state index contributed by atoms with van der Waals surface area (Å²) in [5.41, 5.74) is 0.532. The van der Waals surface area contributed by atoms with Crippen LogP contribution >= 0.6 is 0 Å². The third-order valence-electron chi connectivity index (χ3n) is 3.54. The van der Waals surface area contributed by atoms with Gasteiger partial charge in [-0.05, 0) is 19.9 Å². The van der Waals surface area contributed by atoms with E-state index in [9.17, 15) is 14.4 Å². The van der Waals surface area contributed by atoms with E-state index in [0.29, 0.717) is 5.71 Å². The molecule has 1 aliphatic heterocycles. The lowest BCUT2D eigenvalue weighted by Gasteiger charge is -2.21. The van der Waals surface area contributed by atoms with Crippen molar-refractivity contribution in [2.24, 2.45) is 16.8 Å². The van der Waals surface area contributed by atoms with Gasteiger partial charge in [-0.15, -0.1) is 0 Å². The van der Waals surface area contributed by atoms with Crippen LogP contribution in [0.5, 0.6) is 0 Å². The highest BCUT2D eigenvalue weighted by molar-refractivity contribution is 6.11. The molecular weight excluding hydrogens is 286 g/mol. The topological polar surface area (TPSA) is 82.0 Å². The number of allylic oxidation sites excluding steroid dienone is 4. The molecule has 3 atom stereocenters. The number of hydrogen-bond donors (Lipinski definition) is 0. The highest BCUT2D eigenvalue weighted by Gasteiger charge is 2.42. The smallest absolute Gasteiger partial charge is 0.331 e. The summed E-state index contributed by atoms with van der Waals surface area (Å²) in [6, 6.07) is -0.902. The number of Topliss-reactive ketones (excluding diaryl/α,β-unsaturated/α-hetero) is 1. The third kappa shape index (κ3) is 3.32. The molecule has 2 rings (SSSR count). The van der Waals surface area contributed by atoms with Crippen LogP contribution < -0.4 is 0 Å². The summed E-state index contributed by atoms with van der Waals surface area (Å²) in [6.45, 7) is 3.79. The normalized spacial score (nSPS) is 26.7. The molecule has 0 radical (unpaired) electrons. The first-order valence-corrected chi connectivity index (χ1v) is 7.37. The molecule has 2 aliphatic rings. The van der Waals surface area contributed by atoms with E-state index < -0.39 is 29.8 Å². The SMILES string of the molecule is CCOC(=O)C1C(=O)C[C@H](C(=O)OCC)N=C2C=CC=CC21. The van der Waals surface area contributed by atoms with Crippen molar-refractivity contribution in [3.63, 3.8) is 0 Å². The van der Waals surface area contributed by atoms with Gasteiger partial charge < -0.3 is 9.47 Å². The van der Waals surface area contributed by atoms with Crippen molar-refractivity contribution in [2.45, 2.75) is 26.3 Å². The molecule has 0 N–H and O–H groups in total. The van der Waals surface area contributed by atoms with Crippen molar-refractivity contribution in [3.05, 3.63) is 24.3 Å². The number of fused-ring (bicyclic) bond motifs is 1. The van der Waals surface area contributed by atoms with Crippen molar-refractivity contribution in [3.8, 4) is 0 Å². The number of rotatable bonds is 4. The molecule has 0 fully saturated rings. The van der Waals surface area contributed by atoms with Crippen LogP contribution in [0, 0.1) is 11.8 Å². The second-order valence-corrected chi connectivity index (χ2v) is 4.99. The Morgan fingerprint density at radius 3 is 2.55 bits per heavy atom. The zero-order chi connectivity index (χ0) is 16.1. The molecule has 0 spiro atoms. The van der Waals surface area contributed by atoms with Crippen molar-refractivity contribution >= 4 is 23.4 Å². The Morgan fingerprint density at radius 2 is 1.86 bits per heavy atom. The number of carbonyl (C=O) groups is 3. The standard InChI is InChI=1S/C16H19NO5/c1-3-21-15(19)12-9-13(18)14(16(20)22-4-2)10-7-5-6-8-11(10)17-12/h5-8,10,12,14H,3-4,9H2,1-2H3/t10?,12-,14?/m1/s1. The van der Waals surface area contributed by atoms with Crippen LogP contribution in [0.3, 0.4) is 0 Å². The molecule has 0 amide bonds. The van der Waals surface area contributed by atoms with E-state index >= 15 is 0 Å². The first-order chi connectivity index (χ1) is 10.6. The van der Waals surface area contributed by atoms with E-state index in [1.165, 1.54) is 0 Å². The molecule has 0 aromatic carbocycles. The minimum absolute atomic E-state index is 0.149. The highest BCUT2D eigenvalue weighted by Crippen LogP contribution is 2.28. The van der Waals surface area contributed by atoms with Gasteiger partial charge in [0, 0.05) is 18.1 Å². The number of nitrogens with zero attached hydrogens (tertiary/aromatic N) is 1. The van der Waals surface area contributed by atoms with E-state index in [1.54, 1.807) is 38.2 Å². The predicted molar refractivity (Wildman–Crippen MR) is 79.4 cm³/mol. The molecule has 1 aliphatic carbocycles. The maximum absolute atomic E-state index is 12.5. The van der Waals surface area contributed by atoms with Crippen LogP contribution in [0.4, 0.5) is 0 Å². The molecular formula is C16H19NO5. The number of ketones is 1. The Labute approximate surface area is 128 Å². The zero-order valence-corrected chi connectivity index (χ0v) is 12.7. The maximum Gasteiger partial charge on any atom is 0.331 e. The number of aliphatic imine (C=N–C) groups is 1. The van der Waals surface area contributed by atoms with E-state index in [4.69, 9.17) is 9.47 Å². The van der Waals surface area contributed by atoms with Gasteiger partial charge in [-0.3, -0.25) is 14.6 Å². The molecule has 0 saturated heterocycles. The van der Waals surface area contributed by atoms with Crippen LogP contribution in [-0.4, -0.2) is 42.7 Å². The molecule has 0 aromatic rings. The first-order valence-electron chi connectivity index (χ1n) is 7.37. The van der Waals surface area contributed by atoms with Gasteiger partial charge in [-0.1, -0.05) is 18.2 Å². The number of hydrogen-bond acceptors (Lipinski definition) is 6. The Kier molecular flexibility index (Phi) is 5.25. The van der Waals surface area contributed by atoms with E-state index in [0.717, 1.165) is 0 Å². The second-order valence-electron chi connectivity index (χ2n) is 4.99. The number of carbonyl (C=O) groups excluding carboxylic acids is 3. The van der Waals surface area contributed by atoms with Crippen LogP contribution in [0.15, 0.2) is 29.3 Å². The molecule has 1 heterocycles. The van der Waals surface area contributed by atoms with Gasteiger partial charge in [0.25, 0.3) is 0 Å². The average molecular weight is 305 g/mol. The molecule has 118 valence electrons. The minimum Gasteiger partial charge on any atom is -0.465 e. The maximum atomic E-state index is 12.5. The summed E-state index contributed by atoms with van der Waals surface area (Å²) in [5.74, 6) is -2.92. The molecule has 2 unspecified atom stereocenters. The van der Waals surface area contributed by atoms with Crippen LogP contribution in [-0.2, 0) is 23.9 Å². The van der Waals surface area contributed by atoms with E-state index in [-0.39, 0.29) is 25.4 Å². The third-order valence-corrected chi connectivity index (χ3v) is 3.54. The summed E-state index contributed by atoms with van der Waals surface area (Å²) >= 11 is 0. The van der Waals surface area contributed by atoms with Gasteiger partial charge in [-0.25, -0.2) is 4.79 Å².